The van der Waals surface area contributed by atoms with E-state index in [0.717, 1.165) is 30.2 Å². The molecule has 0 aromatic heterocycles. The lowest BCUT2D eigenvalue weighted by Crippen LogP contribution is -2.22. The number of hydrogen-bond donors (Lipinski definition) is 3. The molecule has 3 nitrogen and oxygen atoms in total. The summed E-state index contributed by atoms with van der Waals surface area (Å²) in [6.07, 6.45) is 0. The van der Waals surface area contributed by atoms with Crippen molar-refractivity contribution in [1.29, 1.82) is 0 Å². The molecule has 224 valence electrons. The van der Waals surface area contributed by atoms with Gasteiger partial charge in [0.05, 0.1) is 11.4 Å². The first-order valence-electron chi connectivity index (χ1n) is 16.1. The lowest BCUT2D eigenvalue weighted by Gasteiger charge is -2.29. The molecule has 1 atom stereocenters. The average Bonchev–Trinajstić information content (AvgIpc) is 3.33. The maximum atomic E-state index is 6.48. The summed E-state index contributed by atoms with van der Waals surface area (Å²) in [6.45, 7) is 6.01. The second-order valence-corrected chi connectivity index (χ2v) is 12.7. The Labute approximate surface area is 270 Å². The number of nitrogen functional groups attached to an aromatic ring is 1. The summed E-state index contributed by atoms with van der Waals surface area (Å²) in [5.74, 6) is 0. The van der Waals surface area contributed by atoms with Gasteiger partial charge in [0.1, 0.15) is 0 Å². The number of aryl methyl sites for hydroxylation is 1. The van der Waals surface area contributed by atoms with Crippen LogP contribution in [0.25, 0.3) is 32.7 Å². The van der Waals surface area contributed by atoms with Gasteiger partial charge in [-0.2, -0.15) is 0 Å². The Balaban J connectivity index is 1.42. The van der Waals surface area contributed by atoms with Gasteiger partial charge in [0.15, 0.2) is 0 Å². The van der Waals surface area contributed by atoms with Gasteiger partial charge in [-0.05, 0) is 77.1 Å². The van der Waals surface area contributed by atoms with E-state index >= 15 is 0 Å². The highest BCUT2D eigenvalue weighted by atomic mass is 14.9. The maximum Gasteiger partial charge on any atom is 0.0504 e. The number of benzene rings is 7. The number of rotatable bonds is 7. The highest BCUT2D eigenvalue weighted by Gasteiger charge is 2.41. The largest absolute Gasteiger partial charge is 0.399 e. The fourth-order valence-corrected chi connectivity index (χ4v) is 7.44. The summed E-state index contributed by atoms with van der Waals surface area (Å²) in [5.41, 5.74) is 19.3. The van der Waals surface area contributed by atoms with Gasteiger partial charge in [0.25, 0.3) is 0 Å². The molecule has 0 spiro atoms. The normalized spacial score (nSPS) is 15.1. The molecular formula is C43H37N3. The Bertz CT molecular complexity index is 2240. The number of anilines is 3. The molecule has 46 heavy (non-hydrogen) atoms. The van der Waals surface area contributed by atoms with Crippen molar-refractivity contribution in [3.63, 3.8) is 0 Å². The third-order valence-electron chi connectivity index (χ3n) is 9.79. The van der Waals surface area contributed by atoms with Crippen molar-refractivity contribution in [1.82, 2.24) is 0 Å². The molecule has 7 aromatic rings. The molecule has 0 radical (unpaired) electrons. The van der Waals surface area contributed by atoms with E-state index < -0.39 is 0 Å². The van der Waals surface area contributed by atoms with Gasteiger partial charge in [-0.15, -0.1) is 0 Å². The number of hydrogen-bond acceptors (Lipinski definition) is 3. The van der Waals surface area contributed by atoms with Crippen LogP contribution in [0.4, 0.5) is 17.1 Å². The van der Waals surface area contributed by atoms with Crippen molar-refractivity contribution < 1.29 is 0 Å². The first-order chi connectivity index (χ1) is 22.5. The summed E-state index contributed by atoms with van der Waals surface area (Å²) >= 11 is 0. The van der Waals surface area contributed by atoms with E-state index in [1.54, 1.807) is 0 Å². The van der Waals surface area contributed by atoms with Gasteiger partial charge in [0, 0.05) is 45.7 Å². The summed E-state index contributed by atoms with van der Waals surface area (Å²) in [6, 6.07) is 50.3. The lowest BCUT2D eigenvalue weighted by molar-refractivity contribution is 0.714. The maximum absolute atomic E-state index is 6.48. The molecule has 4 N–H and O–H groups in total. The summed E-state index contributed by atoms with van der Waals surface area (Å²) in [4.78, 5) is 0. The van der Waals surface area contributed by atoms with Crippen molar-refractivity contribution in [2.75, 3.05) is 16.4 Å². The second kappa shape index (κ2) is 11.1. The Morgan fingerprint density at radius 1 is 0.522 bits per heavy atom. The summed E-state index contributed by atoms with van der Waals surface area (Å²) in [5, 5.41) is 12.6. The predicted molar refractivity (Wildman–Crippen MR) is 196 cm³/mol. The third-order valence-corrected chi connectivity index (χ3v) is 9.79. The molecule has 0 aliphatic heterocycles. The summed E-state index contributed by atoms with van der Waals surface area (Å²) < 4.78 is 0. The number of nitrogens with two attached hydrogens (primary N) is 1. The number of fused-ring (bicyclic) bond motifs is 5. The first kappa shape index (κ1) is 28.0. The molecule has 1 aliphatic carbocycles. The smallest absolute Gasteiger partial charge is 0.0504 e. The van der Waals surface area contributed by atoms with Crippen LogP contribution in [0.5, 0.6) is 0 Å². The molecule has 0 bridgehead atoms. The van der Waals surface area contributed by atoms with Crippen LogP contribution in [0.15, 0.2) is 140 Å². The van der Waals surface area contributed by atoms with E-state index in [2.05, 4.69) is 158 Å². The molecule has 8 rings (SSSR count). The predicted octanol–water partition coefficient (Wildman–Crippen LogP) is 10.4. The quantitative estimate of drug-likeness (QED) is 0.0976. The minimum Gasteiger partial charge on any atom is -0.399 e. The Morgan fingerprint density at radius 2 is 1.09 bits per heavy atom. The van der Waals surface area contributed by atoms with Gasteiger partial charge >= 0.3 is 0 Å². The Hall–Kier alpha value is -5.54. The van der Waals surface area contributed by atoms with Crippen molar-refractivity contribution >= 4 is 38.6 Å². The molecule has 0 amide bonds. The van der Waals surface area contributed by atoms with Gasteiger partial charge in [0.2, 0.25) is 0 Å². The van der Waals surface area contributed by atoms with Crippen molar-refractivity contribution in [3.8, 4) is 11.1 Å². The van der Waals surface area contributed by atoms with Crippen LogP contribution in [0.1, 0.15) is 40.3 Å². The molecule has 0 saturated carbocycles. The first-order valence-corrected chi connectivity index (χ1v) is 16.1. The minimum atomic E-state index is -0.361. The average molecular weight is 596 g/mol. The van der Waals surface area contributed by atoms with Crippen LogP contribution in [0, 0.1) is 6.92 Å². The highest BCUT2D eigenvalue weighted by molar-refractivity contribution is 6.21. The fraction of sp³-hybridized carbons (Fsp3) is 0.116. The van der Waals surface area contributed by atoms with E-state index in [1.165, 1.54) is 66.1 Å². The van der Waals surface area contributed by atoms with Crippen LogP contribution in [0.2, 0.25) is 0 Å². The molecule has 7 aromatic carbocycles. The molecule has 3 heteroatoms. The van der Waals surface area contributed by atoms with Crippen molar-refractivity contribution in [2.24, 2.45) is 0 Å². The van der Waals surface area contributed by atoms with Gasteiger partial charge in [-0.3, -0.25) is 0 Å². The van der Waals surface area contributed by atoms with E-state index in [-0.39, 0.29) is 5.41 Å². The van der Waals surface area contributed by atoms with Crippen LogP contribution in [-0.2, 0) is 18.5 Å². The SMILES string of the molecule is Cc1cccc(C2(C)c3cc(N)ccc3-c3cc4c(NCc5ccccc5)c5ccccc5c(NCc5ccccc5)c4cc32)c1. The minimum absolute atomic E-state index is 0.361. The van der Waals surface area contributed by atoms with Gasteiger partial charge in [-0.25, -0.2) is 0 Å². The van der Waals surface area contributed by atoms with E-state index in [1.807, 2.05) is 6.07 Å². The lowest BCUT2D eigenvalue weighted by atomic mass is 9.73. The molecule has 0 saturated heterocycles. The van der Waals surface area contributed by atoms with Gasteiger partial charge in [-0.1, -0.05) is 121 Å². The van der Waals surface area contributed by atoms with E-state index in [9.17, 15) is 0 Å². The molecule has 1 aliphatic rings. The van der Waals surface area contributed by atoms with Crippen molar-refractivity contribution in [2.45, 2.75) is 32.4 Å². The highest BCUT2D eigenvalue weighted by Crippen LogP contribution is 2.55. The van der Waals surface area contributed by atoms with Crippen LogP contribution in [0.3, 0.4) is 0 Å². The standard InChI is InChI=1S/C43H37N3/c1-28-12-11-17-31(22-28)43(2)39-23-32(44)20-21-33(39)36-24-37-38(25-40(36)43)42(46-27-30-15-7-4-8-16-30)35-19-10-9-18-34(35)41(37)45-26-29-13-5-3-6-14-29/h3-25,45-46H,26-27,44H2,1-2H3. The molecular weight excluding hydrogens is 558 g/mol. The molecule has 1 unspecified atom stereocenters. The Morgan fingerprint density at radius 3 is 1.70 bits per heavy atom. The van der Waals surface area contributed by atoms with Crippen LogP contribution < -0.4 is 16.4 Å². The van der Waals surface area contributed by atoms with Crippen LogP contribution in [-0.4, -0.2) is 0 Å². The van der Waals surface area contributed by atoms with Crippen LogP contribution >= 0.6 is 0 Å². The van der Waals surface area contributed by atoms with Crippen molar-refractivity contribution in [3.05, 3.63) is 173 Å². The fourth-order valence-electron chi connectivity index (χ4n) is 7.44. The monoisotopic (exact) mass is 595 g/mol. The van der Waals surface area contributed by atoms with E-state index in [0.29, 0.717) is 0 Å². The zero-order valence-electron chi connectivity index (χ0n) is 26.3. The zero-order valence-corrected chi connectivity index (χ0v) is 26.3. The zero-order chi connectivity index (χ0) is 31.3. The van der Waals surface area contributed by atoms with Gasteiger partial charge < -0.3 is 16.4 Å². The summed E-state index contributed by atoms with van der Waals surface area (Å²) in [7, 11) is 0. The Kier molecular flexibility index (Phi) is 6.76. The molecule has 0 heterocycles. The third kappa shape index (κ3) is 4.59. The number of nitrogens with one attached hydrogen (secondary N) is 2. The second-order valence-electron chi connectivity index (χ2n) is 12.7. The molecule has 0 fully saturated rings. The topological polar surface area (TPSA) is 50.1 Å². The van der Waals surface area contributed by atoms with E-state index in [4.69, 9.17) is 5.73 Å².